The van der Waals surface area contributed by atoms with Crippen LogP contribution in [0.2, 0.25) is 0 Å². The molecule has 1 atom stereocenters. The molecule has 0 fully saturated rings. The molecule has 0 aromatic heterocycles. The largest absolute Gasteiger partial charge is 0.416 e. The molecule has 0 saturated heterocycles. The van der Waals surface area contributed by atoms with Gasteiger partial charge in [-0.05, 0) is 48.6 Å². The van der Waals surface area contributed by atoms with E-state index in [1.165, 1.54) is 11.0 Å². The Hall–Kier alpha value is -3.08. The van der Waals surface area contributed by atoms with Gasteiger partial charge in [0, 0.05) is 13.1 Å². The molecular weight excluding hydrogens is 507 g/mol. The molecule has 2 aromatic rings. The van der Waals surface area contributed by atoms with Gasteiger partial charge in [-0.15, -0.1) is 0 Å². The molecule has 0 unspecified atom stereocenters. The lowest BCUT2D eigenvalue weighted by atomic mass is 10.1. The minimum atomic E-state index is -4.69. The fourth-order valence-electron chi connectivity index (χ4n) is 3.76. The summed E-state index contributed by atoms with van der Waals surface area (Å²) in [7, 11) is -4.15. The SMILES string of the molecule is CC[C@H](C(=O)NCC(C)C)N(Cc1ccccc1C)C(=O)CN(c1cccc(C(F)(F)F)c1)S(C)(=O)=O. The maximum atomic E-state index is 13.6. The van der Waals surface area contributed by atoms with Crippen LogP contribution in [0.3, 0.4) is 0 Å². The summed E-state index contributed by atoms with van der Waals surface area (Å²) in [4.78, 5) is 28.0. The third kappa shape index (κ3) is 8.48. The molecule has 2 aromatic carbocycles. The summed E-state index contributed by atoms with van der Waals surface area (Å²) in [6.45, 7) is 7.09. The second-order valence-corrected chi connectivity index (χ2v) is 11.2. The molecule has 0 spiro atoms. The first kappa shape index (κ1) is 30.1. The quantitative estimate of drug-likeness (QED) is 0.458. The smallest absolute Gasteiger partial charge is 0.354 e. The Balaban J connectivity index is 2.49. The molecule has 37 heavy (non-hydrogen) atoms. The van der Waals surface area contributed by atoms with E-state index in [1.807, 2.05) is 32.9 Å². The lowest BCUT2D eigenvalue weighted by molar-refractivity contribution is -0.140. The molecule has 11 heteroatoms. The average Bonchev–Trinajstić information content (AvgIpc) is 2.80. The first-order chi connectivity index (χ1) is 17.1. The van der Waals surface area contributed by atoms with Gasteiger partial charge < -0.3 is 10.2 Å². The maximum absolute atomic E-state index is 13.6. The van der Waals surface area contributed by atoms with E-state index in [1.54, 1.807) is 19.1 Å². The zero-order valence-electron chi connectivity index (χ0n) is 21.7. The zero-order valence-corrected chi connectivity index (χ0v) is 22.5. The van der Waals surface area contributed by atoms with Crippen LogP contribution in [-0.4, -0.2) is 50.5 Å². The Morgan fingerprint density at radius 3 is 2.24 bits per heavy atom. The van der Waals surface area contributed by atoms with Crippen molar-refractivity contribution in [1.82, 2.24) is 10.2 Å². The molecule has 204 valence electrons. The van der Waals surface area contributed by atoms with Crippen LogP contribution >= 0.6 is 0 Å². The van der Waals surface area contributed by atoms with Crippen LogP contribution in [0.15, 0.2) is 48.5 Å². The van der Waals surface area contributed by atoms with Crippen LogP contribution in [-0.2, 0) is 32.3 Å². The van der Waals surface area contributed by atoms with Gasteiger partial charge in [0.1, 0.15) is 12.6 Å². The van der Waals surface area contributed by atoms with Crippen LogP contribution < -0.4 is 9.62 Å². The number of alkyl halides is 3. The lowest BCUT2D eigenvalue weighted by Gasteiger charge is -2.33. The predicted molar refractivity (Wildman–Crippen MR) is 137 cm³/mol. The van der Waals surface area contributed by atoms with Crippen molar-refractivity contribution in [2.24, 2.45) is 5.92 Å². The van der Waals surface area contributed by atoms with E-state index < -0.39 is 40.3 Å². The number of aryl methyl sites for hydroxylation is 1. The Kier molecular flexibility index (Phi) is 10.1. The highest BCUT2D eigenvalue weighted by Gasteiger charge is 2.34. The van der Waals surface area contributed by atoms with Gasteiger partial charge in [-0.1, -0.05) is 51.1 Å². The third-order valence-corrected chi connectivity index (χ3v) is 6.95. The van der Waals surface area contributed by atoms with Crippen molar-refractivity contribution in [3.05, 3.63) is 65.2 Å². The van der Waals surface area contributed by atoms with Gasteiger partial charge in [0.2, 0.25) is 21.8 Å². The number of nitrogens with one attached hydrogen (secondary N) is 1. The summed E-state index contributed by atoms with van der Waals surface area (Å²) >= 11 is 0. The molecule has 7 nitrogen and oxygen atoms in total. The van der Waals surface area contributed by atoms with Gasteiger partial charge in [-0.25, -0.2) is 8.42 Å². The minimum Gasteiger partial charge on any atom is -0.354 e. The molecule has 0 aliphatic rings. The number of nitrogens with zero attached hydrogens (tertiary/aromatic N) is 2. The van der Waals surface area contributed by atoms with Gasteiger partial charge in [0.25, 0.3) is 0 Å². The van der Waals surface area contributed by atoms with E-state index >= 15 is 0 Å². The lowest BCUT2D eigenvalue weighted by Crippen LogP contribution is -2.52. The van der Waals surface area contributed by atoms with Gasteiger partial charge in [-0.2, -0.15) is 13.2 Å². The van der Waals surface area contributed by atoms with Crippen molar-refractivity contribution in [3.63, 3.8) is 0 Å². The molecule has 0 aliphatic heterocycles. The third-order valence-electron chi connectivity index (χ3n) is 5.81. The highest BCUT2D eigenvalue weighted by molar-refractivity contribution is 7.92. The molecule has 0 radical (unpaired) electrons. The fraction of sp³-hybridized carbons (Fsp3) is 0.462. The van der Waals surface area contributed by atoms with E-state index in [0.29, 0.717) is 16.9 Å². The Morgan fingerprint density at radius 2 is 1.70 bits per heavy atom. The van der Waals surface area contributed by atoms with Crippen LogP contribution in [0.5, 0.6) is 0 Å². The predicted octanol–water partition coefficient (Wildman–Crippen LogP) is 4.36. The highest BCUT2D eigenvalue weighted by atomic mass is 32.2. The number of amides is 2. The number of halogens is 3. The van der Waals surface area contributed by atoms with E-state index in [-0.39, 0.29) is 30.5 Å². The number of carbonyl (C=O) groups is 2. The van der Waals surface area contributed by atoms with Crippen LogP contribution in [0.4, 0.5) is 18.9 Å². The average molecular weight is 542 g/mol. The van der Waals surface area contributed by atoms with Gasteiger partial charge in [0.15, 0.2) is 0 Å². The molecule has 0 aliphatic carbocycles. The number of rotatable bonds is 11. The van der Waals surface area contributed by atoms with Crippen LogP contribution in [0, 0.1) is 12.8 Å². The van der Waals surface area contributed by atoms with E-state index in [2.05, 4.69) is 5.32 Å². The molecule has 2 rings (SSSR count). The standard InChI is InChI=1S/C26H34F3N3O4S/c1-6-23(25(34)30-15-18(2)3)31(16-20-11-8-7-10-19(20)4)24(33)17-32(37(5,35)36)22-13-9-12-21(14-22)26(27,28)29/h7-14,18,23H,6,15-17H2,1-5H3,(H,30,34)/t23-/m1/s1. The monoisotopic (exact) mass is 541 g/mol. The second kappa shape index (κ2) is 12.4. The Bertz CT molecular complexity index is 1200. The van der Waals surface area contributed by atoms with Gasteiger partial charge in [0.05, 0.1) is 17.5 Å². The van der Waals surface area contributed by atoms with Crippen LogP contribution in [0.25, 0.3) is 0 Å². The maximum Gasteiger partial charge on any atom is 0.416 e. The van der Waals surface area contributed by atoms with Crippen LogP contribution in [0.1, 0.15) is 43.9 Å². The summed E-state index contributed by atoms with van der Waals surface area (Å²) < 4.78 is 65.7. The molecule has 0 bridgehead atoms. The number of hydrogen-bond acceptors (Lipinski definition) is 4. The Labute approximate surface area is 216 Å². The normalized spacial score (nSPS) is 12.8. The van der Waals surface area contributed by atoms with E-state index in [0.717, 1.165) is 29.5 Å². The van der Waals surface area contributed by atoms with Crippen molar-refractivity contribution >= 4 is 27.5 Å². The first-order valence-corrected chi connectivity index (χ1v) is 13.8. The second-order valence-electron chi connectivity index (χ2n) is 9.33. The van der Waals surface area contributed by atoms with Gasteiger partial charge >= 0.3 is 6.18 Å². The first-order valence-electron chi connectivity index (χ1n) is 11.9. The number of carbonyl (C=O) groups excluding carboxylic acids is 2. The van der Waals surface area contributed by atoms with Crippen molar-refractivity contribution in [1.29, 1.82) is 0 Å². The van der Waals surface area contributed by atoms with Crippen molar-refractivity contribution in [2.45, 2.75) is 52.9 Å². The van der Waals surface area contributed by atoms with Gasteiger partial charge in [-0.3, -0.25) is 13.9 Å². The molecule has 2 amide bonds. The number of hydrogen-bond donors (Lipinski definition) is 1. The molecule has 1 N–H and O–H groups in total. The molecular formula is C26H34F3N3O4S. The molecule has 0 heterocycles. The number of sulfonamides is 1. The van der Waals surface area contributed by atoms with E-state index in [9.17, 15) is 31.2 Å². The highest BCUT2D eigenvalue weighted by Crippen LogP contribution is 2.32. The van der Waals surface area contributed by atoms with E-state index in [4.69, 9.17) is 0 Å². The van der Waals surface area contributed by atoms with Crippen molar-refractivity contribution in [2.75, 3.05) is 23.7 Å². The summed E-state index contributed by atoms with van der Waals surface area (Å²) in [6, 6.07) is 10.1. The number of anilines is 1. The Morgan fingerprint density at radius 1 is 1.05 bits per heavy atom. The topological polar surface area (TPSA) is 86.8 Å². The summed E-state index contributed by atoms with van der Waals surface area (Å²) in [5, 5.41) is 2.82. The molecule has 0 saturated carbocycles. The zero-order chi connectivity index (χ0) is 28.0. The fourth-order valence-corrected chi connectivity index (χ4v) is 4.61. The van der Waals surface area contributed by atoms with Crippen molar-refractivity contribution < 1.29 is 31.2 Å². The summed E-state index contributed by atoms with van der Waals surface area (Å²) in [6.07, 6.45) is -3.62. The number of benzene rings is 2. The summed E-state index contributed by atoms with van der Waals surface area (Å²) in [5.74, 6) is -0.927. The van der Waals surface area contributed by atoms with Crippen molar-refractivity contribution in [3.8, 4) is 0 Å². The summed E-state index contributed by atoms with van der Waals surface area (Å²) in [5.41, 5.74) is 0.299. The minimum absolute atomic E-state index is 0.0271.